The van der Waals surface area contributed by atoms with E-state index >= 15 is 0 Å². The first-order valence-electron chi connectivity index (χ1n) is 14.4. The quantitative estimate of drug-likeness (QED) is 0.104. The molecule has 0 saturated carbocycles. The van der Waals surface area contributed by atoms with Crippen LogP contribution in [0.25, 0.3) is 22.5 Å². The van der Waals surface area contributed by atoms with Gasteiger partial charge in [0.05, 0.1) is 6.17 Å². The Bertz CT molecular complexity index is 1130. The minimum absolute atomic E-state index is 0.169. The van der Waals surface area contributed by atoms with Crippen LogP contribution in [0.4, 0.5) is 8.78 Å². The van der Waals surface area contributed by atoms with Gasteiger partial charge in [0, 0.05) is 23.5 Å². The van der Waals surface area contributed by atoms with Gasteiger partial charge < -0.3 is 4.74 Å². The van der Waals surface area contributed by atoms with Gasteiger partial charge in [-0.2, -0.15) is 0 Å². The minimum Gasteiger partial charge on any atom is -0.424 e. The van der Waals surface area contributed by atoms with Crippen LogP contribution in [-0.2, 0) is 11.2 Å². The highest BCUT2D eigenvalue weighted by atomic mass is 19.1. The SMILES string of the molecule is CCCCCCCCCC[C@](C)(F)C(=O)Oc1ccc(-c2cnc(-c3ccc(CC[C@H](C)F)cc3)nc2)cc1. The first-order chi connectivity index (χ1) is 18.8. The molecule has 4 nitrogen and oxygen atoms in total. The van der Waals surface area contributed by atoms with Crippen molar-refractivity contribution in [2.24, 2.45) is 0 Å². The Morgan fingerprint density at radius 2 is 1.41 bits per heavy atom. The molecule has 39 heavy (non-hydrogen) atoms. The molecule has 6 heteroatoms. The van der Waals surface area contributed by atoms with Gasteiger partial charge in [0.1, 0.15) is 5.75 Å². The molecule has 0 radical (unpaired) electrons. The second-order valence-electron chi connectivity index (χ2n) is 10.6. The summed E-state index contributed by atoms with van der Waals surface area (Å²) in [6, 6.07) is 14.8. The molecule has 0 aliphatic rings. The zero-order valence-electron chi connectivity index (χ0n) is 23.6. The summed E-state index contributed by atoms with van der Waals surface area (Å²) in [7, 11) is 0. The minimum atomic E-state index is -2.01. The van der Waals surface area contributed by atoms with Crippen molar-refractivity contribution in [3.8, 4) is 28.3 Å². The number of hydrogen-bond acceptors (Lipinski definition) is 4. The smallest absolute Gasteiger partial charge is 0.348 e. The normalized spacial score (nSPS) is 13.6. The van der Waals surface area contributed by atoms with E-state index < -0.39 is 17.8 Å². The Kier molecular flexibility index (Phi) is 12.0. The van der Waals surface area contributed by atoms with E-state index in [1.54, 1.807) is 43.6 Å². The Hall–Kier alpha value is -3.15. The Morgan fingerprint density at radius 3 is 2.00 bits per heavy atom. The number of ether oxygens (including phenoxy) is 1. The monoisotopic (exact) mass is 536 g/mol. The third-order valence-corrected chi connectivity index (χ3v) is 7.02. The number of carbonyl (C=O) groups is 1. The molecule has 0 unspecified atom stereocenters. The molecule has 0 amide bonds. The van der Waals surface area contributed by atoms with Crippen molar-refractivity contribution in [2.75, 3.05) is 0 Å². The van der Waals surface area contributed by atoms with Crippen molar-refractivity contribution in [1.82, 2.24) is 9.97 Å². The zero-order valence-corrected chi connectivity index (χ0v) is 23.6. The van der Waals surface area contributed by atoms with Crippen LogP contribution in [0.1, 0.15) is 90.5 Å². The Labute approximate surface area is 232 Å². The van der Waals surface area contributed by atoms with E-state index in [0.29, 0.717) is 30.8 Å². The Morgan fingerprint density at radius 1 is 0.846 bits per heavy atom. The molecule has 2 aromatic carbocycles. The maximum atomic E-state index is 15.0. The summed E-state index contributed by atoms with van der Waals surface area (Å²) in [5.41, 5.74) is 1.65. The van der Waals surface area contributed by atoms with E-state index in [1.807, 2.05) is 24.3 Å². The van der Waals surface area contributed by atoms with E-state index in [-0.39, 0.29) is 6.42 Å². The maximum Gasteiger partial charge on any atom is 0.348 e. The van der Waals surface area contributed by atoms with Crippen molar-refractivity contribution in [3.05, 3.63) is 66.5 Å². The number of esters is 1. The van der Waals surface area contributed by atoms with Crippen molar-refractivity contribution in [2.45, 2.75) is 103 Å². The number of nitrogens with zero attached hydrogens (tertiary/aromatic N) is 2. The summed E-state index contributed by atoms with van der Waals surface area (Å²) in [6.07, 6.45) is 12.9. The van der Waals surface area contributed by atoms with Gasteiger partial charge in [-0.25, -0.2) is 23.5 Å². The fourth-order valence-electron chi connectivity index (χ4n) is 4.43. The fourth-order valence-corrected chi connectivity index (χ4v) is 4.43. The molecule has 1 heterocycles. The average Bonchev–Trinajstić information content (AvgIpc) is 2.94. The molecule has 0 N–H and O–H groups in total. The molecule has 0 bridgehead atoms. The average molecular weight is 537 g/mol. The maximum absolute atomic E-state index is 15.0. The summed E-state index contributed by atoms with van der Waals surface area (Å²) in [5.74, 6) is 0.0628. The predicted molar refractivity (Wildman–Crippen MR) is 154 cm³/mol. The van der Waals surface area contributed by atoms with Crippen LogP contribution in [0.5, 0.6) is 5.75 Å². The molecule has 210 valence electrons. The highest BCUT2D eigenvalue weighted by Crippen LogP contribution is 2.26. The van der Waals surface area contributed by atoms with E-state index in [1.165, 1.54) is 39.0 Å². The Balaban J connectivity index is 1.48. The molecule has 0 spiro atoms. The molecule has 0 aliphatic carbocycles. The van der Waals surface area contributed by atoms with Gasteiger partial charge in [-0.3, -0.25) is 0 Å². The van der Waals surface area contributed by atoms with E-state index in [2.05, 4.69) is 16.9 Å². The lowest BCUT2D eigenvalue weighted by molar-refractivity contribution is -0.147. The highest BCUT2D eigenvalue weighted by molar-refractivity contribution is 5.81. The van der Waals surface area contributed by atoms with Gasteiger partial charge >= 0.3 is 5.97 Å². The number of halogens is 2. The molecule has 1 aromatic heterocycles. The zero-order chi connectivity index (χ0) is 28.1. The van der Waals surface area contributed by atoms with Gasteiger partial charge in [0.15, 0.2) is 5.82 Å². The summed E-state index contributed by atoms with van der Waals surface area (Å²) in [4.78, 5) is 21.4. The topological polar surface area (TPSA) is 52.1 Å². The summed E-state index contributed by atoms with van der Waals surface area (Å²) < 4.78 is 33.4. The summed E-state index contributed by atoms with van der Waals surface area (Å²) in [5, 5.41) is 0. The molecule has 2 atom stereocenters. The van der Waals surface area contributed by atoms with Crippen LogP contribution in [0, 0.1) is 0 Å². The fraction of sp³-hybridized carbons (Fsp3) is 0.485. The van der Waals surface area contributed by atoms with Crippen LogP contribution in [0.2, 0.25) is 0 Å². The standard InChI is InChI=1S/C33H42F2N2O2/c1-4-5-6-7-8-9-10-11-22-33(3,35)32(38)39-30-20-18-27(19-21-30)29-23-36-31(37-24-29)28-16-14-26(15-17-28)13-12-25(2)34/h14-21,23-25H,4-13,22H2,1-3H3/t25-,33-/m0/s1. The lowest BCUT2D eigenvalue weighted by atomic mass is 9.99. The third-order valence-electron chi connectivity index (χ3n) is 7.02. The van der Waals surface area contributed by atoms with E-state index in [0.717, 1.165) is 35.1 Å². The van der Waals surface area contributed by atoms with Crippen LogP contribution in [0.3, 0.4) is 0 Å². The number of aromatic nitrogens is 2. The summed E-state index contributed by atoms with van der Waals surface area (Å²) in [6.45, 7) is 5.08. The van der Waals surface area contributed by atoms with E-state index in [9.17, 15) is 13.6 Å². The van der Waals surface area contributed by atoms with Crippen molar-refractivity contribution in [1.29, 1.82) is 0 Å². The first-order valence-corrected chi connectivity index (χ1v) is 14.4. The number of alkyl halides is 2. The van der Waals surface area contributed by atoms with Crippen LogP contribution in [0.15, 0.2) is 60.9 Å². The van der Waals surface area contributed by atoms with Crippen molar-refractivity contribution < 1.29 is 18.3 Å². The molecule has 3 aromatic rings. The van der Waals surface area contributed by atoms with Crippen molar-refractivity contribution in [3.63, 3.8) is 0 Å². The lowest BCUT2D eigenvalue weighted by Gasteiger charge is -2.18. The van der Waals surface area contributed by atoms with Gasteiger partial charge in [-0.15, -0.1) is 0 Å². The number of benzene rings is 2. The van der Waals surface area contributed by atoms with Crippen LogP contribution >= 0.6 is 0 Å². The molecular weight excluding hydrogens is 494 g/mol. The molecule has 0 fully saturated rings. The second kappa shape index (κ2) is 15.4. The number of aryl methyl sites for hydroxylation is 1. The predicted octanol–water partition coefficient (Wildman–Crippen LogP) is 9.27. The molecule has 0 aliphatic heterocycles. The van der Waals surface area contributed by atoms with Crippen LogP contribution < -0.4 is 4.74 Å². The van der Waals surface area contributed by atoms with Crippen molar-refractivity contribution >= 4 is 5.97 Å². The molecular formula is C33H42F2N2O2. The number of carbonyl (C=O) groups excluding carboxylic acids is 1. The van der Waals surface area contributed by atoms with Gasteiger partial charge in [0.25, 0.3) is 0 Å². The molecule has 3 rings (SSSR count). The van der Waals surface area contributed by atoms with Gasteiger partial charge in [-0.1, -0.05) is 88.3 Å². The highest BCUT2D eigenvalue weighted by Gasteiger charge is 2.34. The summed E-state index contributed by atoms with van der Waals surface area (Å²) >= 11 is 0. The number of hydrogen-bond donors (Lipinski definition) is 0. The number of rotatable bonds is 16. The first kappa shape index (κ1) is 30.4. The van der Waals surface area contributed by atoms with Gasteiger partial charge in [0.2, 0.25) is 5.67 Å². The van der Waals surface area contributed by atoms with Gasteiger partial charge in [-0.05, 0) is 62.8 Å². The number of unbranched alkanes of at least 4 members (excludes halogenated alkanes) is 7. The lowest BCUT2D eigenvalue weighted by Crippen LogP contribution is -2.34. The second-order valence-corrected chi connectivity index (χ2v) is 10.6. The largest absolute Gasteiger partial charge is 0.424 e. The third kappa shape index (κ3) is 10.2. The van der Waals surface area contributed by atoms with Crippen LogP contribution in [-0.4, -0.2) is 27.8 Å². The molecule has 0 saturated heterocycles. The van der Waals surface area contributed by atoms with E-state index in [4.69, 9.17) is 4.74 Å².